The smallest absolute Gasteiger partial charge is 0.211 e. The molecule has 1 saturated carbocycles. The molecule has 0 atom stereocenters. The number of hydrogen-bond acceptors (Lipinski definition) is 5. The van der Waals surface area contributed by atoms with Crippen molar-refractivity contribution in [2.45, 2.75) is 45.4 Å². The van der Waals surface area contributed by atoms with Gasteiger partial charge < -0.3 is 10.6 Å². The lowest BCUT2D eigenvalue weighted by Crippen LogP contribution is -2.40. The number of piperidine rings is 1. The topological polar surface area (TPSA) is 72.3 Å². The Morgan fingerprint density at radius 2 is 1.86 bits per heavy atom. The van der Waals surface area contributed by atoms with E-state index >= 15 is 0 Å². The molecule has 0 radical (unpaired) electrons. The lowest BCUT2D eigenvalue weighted by Gasteiger charge is -2.40. The number of halogens is 1. The number of pyridine rings is 1. The van der Waals surface area contributed by atoms with Crippen LogP contribution in [0.3, 0.4) is 0 Å². The highest BCUT2D eigenvalue weighted by atomic mass is 35.5. The van der Waals surface area contributed by atoms with Crippen molar-refractivity contribution in [3.8, 4) is 11.1 Å². The van der Waals surface area contributed by atoms with E-state index < -0.39 is 0 Å². The summed E-state index contributed by atoms with van der Waals surface area (Å²) in [6.45, 7) is 4.13. The third kappa shape index (κ3) is 2.82. The quantitative estimate of drug-likeness (QED) is 0.690. The molecule has 1 saturated heterocycles. The Bertz CT molecular complexity index is 1030. The summed E-state index contributed by atoms with van der Waals surface area (Å²) < 4.78 is 2.09. The molecule has 4 heterocycles. The van der Waals surface area contributed by atoms with E-state index in [1.54, 1.807) is 12.3 Å². The molecule has 3 aromatic rings. The van der Waals surface area contributed by atoms with Gasteiger partial charge in [0, 0.05) is 42.8 Å². The van der Waals surface area contributed by atoms with Crippen LogP contribution in [-0.2, 0) is 0 Å². The van der Waals surface area contributed by atoms with Gasteiger partial charge in [-0.05, 0) is 44.1 Å². The Morgan fingerprint density at radius 3 is 2.61 bits per heavy atom. The molecule has 146 valence electrons. The molecule has 2 fully saturated rings. The Kier molecular flexibility index (Phi) is 4.19. The average molecular weight is 397 g/mol. The Morgan fingerprint density at radius 1 is 1.11 bits per heavy atom. The molecule has 6 nitrogen and oxygen atoms in total. The third-order valence-electron chi connectivity index (χ3n) is 6.63. The van der Waals surface area contributed by atoms with Crippen LogP contribution >= 0.6 is 11.6 Å². The highest BCUT2D eigenvalue weighted by Gasteiger charge is 2.37. The van der Waals surface area contributed by atoms with E-state index in [9.17, 15) is 0 Å². The van der Waals surface area contributed by atoms with Crippen molar-refractivity contribution in [3.63, 3.8) is 0 Å². The molecular formula is C21H25ClN6. The molecule has 28 heavy (non-hydrogen) atoms. The SMILES string of the molecule is Cc1nc(N2CCC3(CCCC3)CC2)n2ccnc2c1-c1cc(N)ncc1Cl. The molecule has 2 aliphatic rings. The zero-order valence-electron chi connectivity index (χ0n) is 16.2. The van der Waals surface area contributed by atoms with E-state index in [1.807, 2.05) is 19.3 Å². The summed E-state index contributed by atoms with van der Waals surface area (Å²) in [4.78, 5) is 16.1. The molecule has 5 rings (SSSR count). The standard InChI is InChI=1S/C21H25ClN6/c1-14-18(15-12-17(23)25-13-16(15)22)19-24-8-11-28(19)20(26-14)27-9-6-21(7-10-27)4-2-3-5-21/h8,11-13H,2-7,9-10H2,1H3,(H2,23,25). The first-order valence-corrected chi connectivity index (χ1v) is 10.4. The largest absolute Gasteiger partial charge is 0.384 e. The number of nitrogens with zero attached hydrogens (tertiary/aromatic N) is 5. The first-order valence-electron chi connectivity index (χ1n) is 10.1. The molecule has 1 aliphatic heterocycles. The maximum absolute atomic E-state index is 6.43. The summed E-state index contributed by atoms with van der Waals surface area (Å²) in [5, 5.41) is 0.554. The van der Waals surface area contributed by atoms with Gasteiger partial charge in [0.2, 0.25) is 5.95 Å². The van der Waals surface area contributed by atoms with E-state index in [2.05, 4.69) is 19.3 Å². The zero-order valence-corrected chi connectivity index (χ0v) is 16.9. The summed E-state index contributed by atoms with van der Waals surface area (Å²) in [6.07, 6.45) is 13.5. The average Bonchev–Trinajstić information content (AvgIpc) is 3.34. The van der Waals surface area contributed by atoms with Crippen LogP contribution in [0.2, 0.25) is 5.02 Å². The molecular weight excluding hydrogens is 372 g/mol. The first-order chi connectivity index (χ1) is 13.6. The maximum Gasteiger partial charge on any atom is 0.211 e. The third-order valence-corrected chi connectivity index (χ3v) is 6.93. The Hall–Kier alpha value is -2.34. The fraction of sp³-hybridized carbons (Fsp3) is 0.476. The van der Waals surface area contributed by atoms with E-state index in [0.29, 0.717) is 16.3 Å². The highest BCUT2D eigenvalue weighted by Crippen LogP contribution is 2.46. The monoisotopic (exact) mass is 396 g/mol. The molecule has 0 bridgehead atoms. The van der Waals surface area contributed by atoms with Crippen molar-refractivity contribution < 1.29 is 0 Å². The van der Waals surface area contributed by atoms with Gasteiger partial charge in [-0.3, -0.25) is 4.40 Å². The van der Waals surface area contributed by atoms with Gasteiger partial charge in [-0.15, -0.1) is 0 Å². The minimum Gasteiger partial charge on any atom is -0.384 e. The van der Waals surface area contributed by atoms with Crippen molar-refractivity contribution in [2.75, 3.05) is 23.7 Å². The van der Waals surface area contributed by atoms with Crippen LogP contribution < -0.4 is 10.6 Å². The number of aromatic nitrogens is 4. The highest BCUT2D eigenvalue weighted by molar-refractivity contribution is 6.33. The fourth-order valence-corrected chi connectivity index (χ4v) is 5.26. The zero-order chi connectivity index (χ0) is 19.3. The molecule has 0 unspecified atom stereocenters. The Balaban J connectivity index is 1.56. The molecule has 1 aliphatic carbocycles. The van der Waals surface area contributed by atoms with Crippen LogP contribution in [0.25, 0.3) is 16.8 Å². The van der Waals surface area contributed by atoms with Crippen LogP contribution in [0, 0.1) is 12.3 Å². The van der Waals surface area contributed by atoms with Crippen LogP contribution in [0.1, 0.15) is 44.2 Å². The minimum atomic E-state index is 0.436. The normalized spacial score (nSPS) is 19.0. The van der Waals surface area contributed by atoms with Gasteiger partial charge in [0.05, 0.1) is 10.7 Å². The molecule has 0 amide bonds. The van der Waals surface area contributed by atoms with Crippen LogP contribution in [-0.4, -0.2) is 32.4 Å². The van der Waals surface area contributed by atoms with Crippen LogP contribution in [0.4, 0.5) is 11.8 Å². The van der Waals surface area contributed by atoms with Gasteiger partial charge in [-0.2, -0.15) is 0 Å². The number of fused-ring (bicyclic) bond motifs is 1. The number of anilines is 2. The summed E-state index contributed by atoms with van der Waals surface area (Å²) >= 11 is 6.43. The summed E-state index contributed by atoms with van der Waals surface area (Å²) in [6, 6.07) is 1.80. The maximum atomic E-state index is 6.43. The van der Waals surface area contributed by atoms with Crippen LogP contribution in [0.5, 0.6) is 0 Å². The molecule has 1 spiro atoms. The lowest BCUT2D eigenvalue weighted by molar-refractivity contribution is 0.225. The Labute approximate surface area is 169 Å². The molecule has 0 aromatic carbocycles. The van der Waals surface area contributed by atoms with Crippen molar-refractivity contribution >= 4 is 29.0 Å². The number of hydrogen-bond donors (Lipinski definition) is 1. The molecule has 7 heteroatoms. The van der Waals surface area contributed by atoms with Crippen molar-refractivity contribution in [1.82, 2.24) is 19.4 Å². The second-order valence-electron chi connectivity index (χ2n) is 8.28. The van der Waals surface area contributed by atoms with E-state index in [0.717, 1.165) is 41.5 Å². The predicted octanol–water partition coefficient (Wildman–Crippen LogP) is 4.50. The second kappa shape index (κ2) is 6.62. The molecule has 2 N–H and O–H groups in total. The van der Waals surface area contributed by atoms with Crippen molar-refractivity contribution in [2.24, 2.45) is 5.41 Å². The van der Waals surface area contributed by atoms with Crippen molar-refractivity contribution in [1.29, 1.82) is 0 Å². The fourth-order valence-electron chi connectivity index (χ4n) is 5.06. The van der Waals surface area contributed by atoms with Gasteiger partial charge in [-0.25, -0.2) is 15.0 Å². The van der Waals surface area contributed by atoms with E-state index in [-0.39, 0.29) is 0 Å². The predicted molar refractivity (Wildman–Crippen MR) is 113 cm³/mol. The number of nitrogen functional groups attached to an aromatic ring is 1. The molecule has 3 aromatic heterocycles. The van der Waals surface area contributed by atoms with Gasteiger partial charge in [0.1, 0.15) is 11.5 Å². The van der Waals surface area contributed by atoms with E-state index in [4.69, 9.17) is 22.3 Å². The van der Waals surface area contributed by atoms with Gasteiger partial charge in [0.25, 0.3) is 0 Å². The first kappa shape index (κ1) is 17.7. The van der Waals surface area contributed by atoms with Crippen LogP contribution in [0.15, 0.2) is 24.7 Å². The van der Waals surface area contributed by atoms with Gasteiger partial charge >= 0.3 is 0 Å². The number of nitrogens with two attached hydrogens (primary N) is 1. The van der Waals surface area contributed by atoms with Crippen molar-refractivity contribution in [3.05, 3.63) is 35.4 Å². The summed E-state index contributed by atoms with van der Waals surface area (Å²) in [5.41, 5.74) is 10.00. The lowest BCUT2D eigenvalue weighted by atomic mass is 9.77. The summed E-state index contributed by atoms with van der Waals surface area (Å²) in [7, 11) is 0. The van der Waals surface area contributed by atoms with Gasteiger partial charge in [0.15, 0.2) is 0 Å². The number of rotatable bonds is 2. The number of aryl methyl sites for hydroxylation is 1. The summed E-state index contributed by atoms with van der Waals surface area (Å²) in [5.74, 6) is 1.41. The van der Waals surface area contributed by atoms with E-state index in [1.165, 1.54) is 38.5 Å². The number of imidazole rings is 1. The minimum absolute atomic E-state index is 0.436. The second-order valence-corrected chi connectivity index (χ2v) is 8.68. The van der Waals surface area contributed by atoms with Gasteiger partial charge in [-0.1, -0.05) is 24.4 Å².